The number of nitrogens with zero attached hydrogens (tertiary/aromatic N) is 4. The fraction of sp³-hybridized carbons (Fsp3) is 0.714. The zero-order valence-corrected chi connectivity index (χ0v) is 17.8. The first-order valence-electron chi connectivity index (χ1n) is 11.0. The van der Waals surface area contributed by atoms with Crippen LogP contribution in [0.2, 0.25) is 0 Å². The topological polar surface area (TPSA) is 160 Å². The third-order valence-electron chi connectivity index (χ3n) is 6.30. The molecule has 2 fully saturated rings. The van der Waals surface area contributed by atoms with Gasteiger partial charge in [0.15, 0.2) is 5.78 Å². The number of allylic oxidation sites excluding steroid dienone is 1. The van der Waals surface area contributed by atoms with Crippen molar-refractivity contribution in [2.24, 2.45) is 10.9 Å². The zero-order chi connectivity index (χ0) is 22.7. The molecule has 0 radical (unpaired) electrons. The Morgan fingerprint density at radius 1 is 1.19 bits per heavy atom. The van der Waals surface area contributed by atoms with Gasteiger partial charge in [0, 0.05) is 36.9 Å². The average Bonchev–Trinajstić information content (AvgIpc) is 3.40. The predicted molar refractivity (Wildman–Crippen MR) is 111 cm³/mol. The summed E-state index contributed by atoms with van der Waals surface area (Å²) in [5.41, 5.74) is 1.79. The molecule has 4 N–H and O–H groups in total. The standard InChI is InChI=1S/C21H30N4O7/c26-9-18-20(29)21(30)19(28)17(32-18)5-14-4-13(6-22-14)16(27)8-25-7-15(23-24-25)11-31-10-12-2-1-3-12/h6-7,12,17-21,26,28-30H,1-5,8-11H2. The molecule has 1 aromatic rings. The molecule has 3 heterocycles. The van der Waals surface area contributed by atoms with Gasteiger partial charge in [0.05, 0.1) is 25.5 Å². The molecular formula is C21H30N4O7. The second-order valence-electron chi connectivity index (χ2n) is 8.74. The van der Waals surface area contributed by atoms with Crippen molar-refractivity contribution in [1.82, 2.24) is 15.0 Å². The lowest BCUT2D eigenvalue weighted by molar-refractivity contribution is -0.227. The molecule has 5 atom stereocenters. The number of ether oxygens (including phenoxy) is 2. The number of ketones is 1. The van der Waals surface area contributed by atoms with E-state index in [0.29, 0.717) is 35.9 Å². The van der Waals surface area contributed by atoms with Gasteiger partial charge in [-0.15, -0.1) is 5.10 Å². The largest absolute Gasteiger partial charge is 0.394 e. The van der Waals surface area contributed by atoms with E-state index in [0.717, 1.165) is 6.61 Å². The van der Waals surface area contributed by atoms with E-state index < -0.39 is 37.1 Å². The molecule has 11 nitrogen and oxygen atoms in total. The Balaban J connectivity index is 1.23. The number of hydrogen-bond acceptors (Lipinski definition) is 10. The molecule has 176 valence electrons. The van der Waals surface area contributed by atoms with Crippen LogP contribution >= 0.6 is 0 Å². The molecule has 1 saturated heterocycles. The molecule has 0 amide bonds. The highest BCUT2D eigenvalue weighted by molar-refractivity contribution is 6.04. The molecule has 1 aromatic heterocycles. The lowest BCUT2D eigenvalue weighted by Gasteiger charge is -2.40. The summed E-state index contributed by atoms with van der Waals surface area (Å²) in [7, 11) is 0. The molecule has 0 aromatic carbocycles. The van der Waals surface area contributed by atoms with E-state index in [4.69, 9.17) is 9.47 Å². The Bertz CT molecular complexity index is 864. The number of aliphatic hydroxyl groups excluding tert-OH is 4. The number of carbonyl (C=O) groups is 1. The molecular weight excluding hydrogens is 420 g/mol. The highest BCUT2D eigenvalue weighted by Crippen LogP contribution is 2.27. The molecule has 1 saturated carbocycles. The van der Waals surface area contributed by atoms with Gasteiger partial charge in [-0.05, 0) is 18.8 Å². The first-order valence-corrected chi connectivity index (χ1v) is 11.0. The summed E-state index contributed by atoms with van der Waals surface area (Å²) in [6, 6.07) is 0. The Morgan fingerprint density at radius 3 is 2.69 bits per heavy atom. The molecule has 0 spiro atoms. The first-order chi connectivity index (χ1) is 15.4. The summed E-state index contributed by atoms with van der Waals surface area (Å²) in [6.07, 6.45) is 1.40. The summed E-state index contributed by atoms with van der Waals surface area (Å²) in [6.45, 7) is 0.651. The van der Waals surface area contributed by atoms with Crippen molar-refractivity contribution in [3.05, 3.63) is 23.7 Å². The summed E-state index contributed by atoms with van der Waals surface area (Å²) in [4.78, 5) is 16.9. The van der Waals surface area contributed by atoms with Crippen LogP contribution in [0.3, 0.4) is 0 Å². The molecule has 11 heteroatoms. The van der Waals surface area contributed by atoms with E-state index in [1.807, 2.05) is 0 Å². The van der Waals surface area contributed by atoms with Gasteiger partial charge in [-0.3, -0.25) is 9.79 Å². The Kier molecular flexibility index (Phi) is 7.44. The van der Waals surface area contributed by atoms with Gasteiger partial charge in [0.25, 0.3) is 0 Å². The van der Waals surface area contributed by atoms with Crippen LogP contribution in [-0.4, -0.2) is 90.6 Å². The summed E-state index contributed by atoms with van der Waals surface area (Å²) < 4.78 is 12.6. The van der Waals surface area contributed by atoms with Crippen molar-refractivity contribution in [3.8, 4) is 0 Å². The van der Waals surface area contributed by atoms with Crippen molar-refractivity contribution >= 4 is 11.5 Å². The number of aliphatic hydroxyl groups is 4. The maximum absolute atomic E-state index is 12.6. The first kappa shape index (κ1) is 23.1. The van der Waals surface area contributed by atoms with Crippen LogP contribution in [0.5, 0.6) is 0 Å². The summed E-state index contributed by atoms with van der Waals surface area (Å²) >= 11 is 0. The van der Waals surface area contributed by atoms with E-state index in [1.54, 1.807) is 6.20 Å². The molecule has 3 aliphatic rings. The molecule has 4 rings (SSSR count). The third kappa shape index (κ3) is 5.30. The summed E-state index contributed by atoms with van der Waals surface area (Å²) in [5, 5.41) is 47.3. The lowest BCUT2D eigenvalue weighted by atomic mass is 9.86. The second kappa shape index (κ2) is 10.3. The van der Waals surface area contributed by atoms with Crippen LogP contribution < -0.4 is 0 Å². The summed E-state index contributed by atoms with van der Waals surface area (Å²) in [5.74, 6) is 0.502. The number of hydrogen-bond donors (Lipinski definition) is 4. The molecule has 1 aliphatic carbocycles. The fourth-order valence-corrected chi connectivity index (χ4v) is 4.08. The average molecular weight is 450 g/mol. The highest BCUT2D eigenvalue weighted by Gasteiger charge is 2.43. The number of aliphatic imine (C=N–C) groups is 1. The lowest BCUT2D eigenvalue weighted by Crippen LogP contribution is -2.58. The van der Waals surface area contributed by atoms with E-state index in [1.165, 1.54) is 30.1 Å². The number of carbonyl (C=O) groups excluding carboxylic acids is 1. The van der Waals surface area contributed by atoms with Crippen molar-refractivity contribution in [1.29, 1.82) is 0 Å². The van der Waals surface area contributed by atoms with E-state index >= 15 is 0 Å². The highest BCUT2D eigenvalue weighted by atomic mass is 16.5. The quantitative estimate of drug-likeness (QED) is 0.355. The van der Waals surface area contributed by atoms with Gasteiger partial charge in [0.1, 0.15) is 36.7 Å². The Hall–Kier alpha value is -2.02. The third-order valence-corrected chi connectivity index (χ3v) is 6.30. The van der Waals surface area contributed by atoms with Crippen LogP contribution in [0, 0.1) is 5.92 Å². The van der Waals surface area contributed by atoms with Gasteiger partial charge in [-0.25, -0.2) is 4.68 Å². The molecule has 2 aliphatic heterocycles. The molecule has 5 unspecified atom stereocenters. The molecule has 0 bridgehead atoms. The van der Waals surface area contributed by atoms with Crippen molar-refractivity contribution in [2.75, 3.05) is 13.2 Å². The van der Waals surface area contributed by atoms with Gasteiger partial charge in [0.2, 0.25) is 0 Å². The van der Waals surface area contributed by atoms with Crippen LogP contribution in [0.15, 0.2) is 23.0 Å². The van der Waals surface area contributed by atoms with Gasteiger partial charge in [-0.2, -0.15) is 0 Å². The van der Waals surface area contributed by atoms with Crippen LogP contribution in [0.1, 0.15) is 37.8 Å². The maximum atomic E-state index is 12.6. The fourth-order valence-electron chi connectivity index (χ4n) is 4.08. The van der Waals surface area contributed by atoms with Crippen molar-refractivity contribution in [3.63, 3.8) is 0 Å². The molecule has 32 heavy (non-hydrogen) atoms. The van der Waals surface area contributed by atoms with E-state index in [9.17, 15) is 25.2 Å². The van der Waals surface area contributed by atoms with Gasteiger partial charge in [-0.1, -0.05) is 11.6 Å². The zero-order valence-electron chi connectivity index (χ0n) is 17.8. The number of aromatic nitrogens is 3. The van der Waals surface area contributed by atoms with Gasteiger partial charge < -0.3 is 29.9 Å². The van der Waals surface area contributed by atoms with Crippen LogP contribution in [0.4, 0.5) is 0 Å². The SMILES string of the molecule is O=C(Cn1cc(COCC2CCC2)nn1)C1=CN=C(CC2OC(CO)C(O)C(O)C2O)C1. The number of Topliss-reactive ketones (excluding diaryl/α,β-unsaturated/α-hetero) is 1. The maximum Gasteiger partial charge on any atom is 0.182 e. The van der Waals surface area contributed by atoms with E-state index in [-0.39, 0.29) is 18.7 Å². The van der Waals surface area contributed by atoms with Crippen LogP contribution in [-0.2, 0) is 27.4 Å². The normalized spacial score (nSPS) is 30.7. The Labute approximate surface area is 185 Å². The van der Waals surface area contributed by atoms with Crippen LogP contribution in [0.25, 0.3) is 0 Å². The monoisotopic (exact) mass is 450 g/mol. The van der Waals surface area contributed by atoms with Crippen molar-refractivity contribution in [2.45, 2.75) is 75.8 Å². The minimum Gasteiger partial charge on any atom is -0.394 e. The predicted octanol–water partition coefficient (Wildman–Crippen LogP) is -0.875. The Morgan fingerprint density at radius 2 is 1.97 bits per heavy atom. The number of rotatable bonds is 10. The smallest absolute Gasteiger partial charge is 0.182 e. The second-order valence-corrected chi connectivity index (χ2v) is 8.74. The van der Waals surface area contributed by atoms with E-state index in [2.05, 4.69) is 15.3 Å². The van der Waals surface area contributed by atoms with Gasteiger partial charge >= 0.3 is 0 Å². The minimum atomic E-state index is -1.43. The van der Waals surface area contributed by atoms with Crippen molar-refractivity contribution < 1.29 is 34.7 Å². The minimum absolute atomic E-state index is 0.0320.